The van der Waals surface area contributed by atoms with Crippen LogP contribution in [0.5, 0.6) is 5.75 Å². The molecule has 0 aliphatic heterocycles. The summed E-state index contributed by atoms with van der Waals surface area (Å²) in [7, 11) is 0. The highest BCUT2D eigenvalue weighted by atomic mass is 35.5. The van der Waals surface area contributed by atoms with Crippen molar-refractivity contribution >= 4 is 46.3 Å². The number of aryl methyl sites for hydroxylation is 1. The summed E-state index contributed by atoms with van der Waals surface area (Å²) in [5.74, 6) is 1.88. The highest BCUT2D eigenvalue weighted by Gasteiger charge is 2.14. The zero-order chi connectivity index (χ0) is 22.5. The number of benzene rings is 2. The van der Waals surface area contributed by atoms with Gasteiger partial charge in [0.15, 0.2) is 11.0 Å². The fourth-order valence-corrected chi connectivity index (χ4v) is 5.04. The summed E-state index contributed by atoms with van der Waals surface area (Å²) in [6, 6.07) is 13.5. The Bertz CT molecular complexity index is 1220. The summed E-state index contributed by atoms with van der Waals surface area (Å²) >= 11 is 15.5. The first-order valence-electron chi connectivity index (χ1n) is 9.78. The first kappa shape index (κ1) is 22.9. The van der Waals surface area contributed by atoms with Crippen LogP contribution in [0.1, 0.15) is 17.1 Å². The van der Waals surface area contributed by atoms with Gasteiger partial charge in [0.2, 0.25) is 0 Å². The third kappa shape index (κ3) is 5.53. The maximum absolute atomic E-state index is 6.19. The van der Waals surface area contributed by atoms with Crippen molar-refractivity contribution in [2.45, 2.75) is 31.0 Å². The molecule has 0 N–H and O–H groups in total. The molecule has 32 heavy (non-hydrogen) atoms. The van der Waals surface area contributed by atoms with Crippen molar-refractivity contribution in [3.05, 3.63) is 87.6 Å². The SMILES string of the molecule is C=CCn1c(COc2cc(Cl)ccc2Cl)nnc1SCc1csc(-c2ccc(C)cc2)n1. The fourth-order valence-electron chi connectivity index (χ4n) is 2.92. The minimum absolute atomic E-state index is 0.218. The van der Waals surface area contributed by atoms with Crippen molar-refractivity contribution in [2.75, 3.05) is 0 Å². The van der Waals surface area contributed by atoms with E-state index < -0.39 is 0 Å². The average molecular weight is 503 g/mol. The second-order valence-corrected chi connectivity index (χ2v) is 9.60. The van der Waals surface area contributed by atoms with E-state index in [2.05, 4.69) is 53.3 Å². The van der Waals surface area contributed by atoms with Crippen LogP contribution in [0.3, 0.4) is 0 Å². The molecular weight excluding hydrogens is 483 g/mol. The number of ether oxygens (including phenoxy) is 1. The lowest BCUT2D eigenvalue weighted by Gasteiger charge is -2.10. The number of hydrogen-bond donors (Lipinski definition) is 0. The Balaban J connectivity index is 1.44. The number of thioether (sulfide) groups is 1. The number of rotatable bonds is 9. The average Bonchev–Trinajstić information content (AvgIpc) is 3.41. The van der Waals surface area contributed by atoms with Crippen LogP contribution in [0.4, 0.5) is 0 Å². The van der Waals surface area contributed by atoms with Gasteiger partial charge in [-0.3, -0.25) is 4.57 Å². The molecule has 0 atom stereocenters. The summed E-state index contributed by atoms with van der Waals surface area (Å²) in [6.07, 6.45) is 1.81. The second-order valence-electron chi connectivity index (χ2n) is 6.96. The van der Waals surface area contributed by atoms with Gasteiger partial charge in [-0.15, -0.1) is 28.1 Å². The molecule has 9 heteroatoms. The van der Waals surface area contributed by atoms with E-state index in [1.165, 1.54) is 5.56 Å². The lowest BCUT2D eigenvalue weighted by atomic mass is 10.2. The second kappa shape index (κ2) is 10.5. The number of thiazole rings is 1. The van der Waals surface area contributed by atoms with Gasteiger partial charge in [0.1, 0.15) is 17.4 Å². The van der Waals surface area contributed by atoms with E-state index in [1.54, 1.807) is 41.3 Å². The van der Waals surface area contributed by atoms with Crippen molar-refractivity contribution < 1.29 is 4.74 Å². The van der Waals surface area contributed by atoms with Gasteiger partial charge in [-0.1, -0.05) is 70.9 Å². The minimum atomic E-state index is 0.218. The molecule has 0 saturated carbocycles. The molecule has 164 valence electrons. The molecule has 0 fully saturated rings. The standard InChI is InChI=1S/C23H20Cl2N4OS2/c1-3-10-29-21(12-30-20-11-17(24)8-9-19(20)25)27-28-23(29)32-14-18-13-31-22(26-18)16-6-4-15(2)5-7-16/h3-9,11,13H,1,10,12,14H2,2H3. The molecule has 0 radical (unpaired) electrons. The Morgan fingerprint density at radius 3 is 2.75 bits per heavy atom. The van der Waals surface area contributed by atoms with Gasteiger partial charge in [-0.05, 0) is 19.1 Å². The third-order valence-electron chi connectivity index (χ3n) is 4.55. The molecule has 5 nitrogen and oxygen atoms in total. The summed E-state index contributed by atoms with van der Waals surface area (Å²) in [4.78, 5) is 4.77. The van der Waals surface area contributed by atoms with Crippen molar-refractivity contribution in [2.24, 2.45) is 0 Å². The molecule has 0 aliphatic rings. The summed E-state index contributed by atoms with van der Waals surface area (Å²) in [5, 5.41) is 13.6. The summed E-state index contributed by atoms with van der Waals surface area (Å²) in [5.41, 5.74) is 3.37. The lowest BCUT2D eigenvalue weighted by Crippen LogP contribution is -2.07. The maximum atomic E-state index is 6.19. The zero-order valence-corrected chi connectivity index (χ0v) is 20.4. The van der Waals surface area contributed by atoms with Crippen LogP contribution < -0.4 is 4.74 Å². The highest BCUT2D eigenvalue weighted by Crippen LogP contribution is 2.30. The monoisotopic (exact) mass is 502 g/mol. The first-order valence-corrected chi connectivity index (χ1v) is 12.4. The molecule has 2 aromatic carbocycles. The largest absolute Gasteiger partial charge is 0.484 e. The third-order valence-corrected chi connectivity index (χ3v) is 7.04. The Morgan fingerprint density at radius 1 is 1.16 bits per heavy atom. The van der Waals surface area contributed by atoms with E-state index in [0.29, 0.717) is 33.9 Å². The van der Waals surface area contributed by atoms with Crippen LogP contribution >= 0.6 is 46.3 Å². The van der Waals surface area contributed by atoms with Crippen LogP contribution in [0, 0.1) is 6.92 Å². The van der Waals surface area contributed by atoms with E-state index in [0.717, 1.165) is 21.4 Å². The Kier molecular flexibility index (Phi) is 7.52. The van der Waals surface area contributed by atoms with Crippen molar-refractivity contribution in [1.82, 2.24) is 19.7 Å². The minimum Gasteiger partial charge on any atom is -0.484 e. The molecule has 2 heterocycles. The summed E-state index contributed by atoms with van der Waals surface area (Å²) < 4.78 is 7.81. The van der Waals surface area contributed by atoms with Crippen LogP contribution in [-0.2, 0) is 18.9 Å². The quantitative estimate of drug-likeness (QED) is 0.181. The van der Waals surface area contributed by atoms with E-state index in [9.17, 15) is 0 Å². The van der Waals surface area contributed by atoms with Gasteiger partial charge in [-0.25, -0.2) is 4.98 Å². The molecular formula is C23H20Cl2N4OS2. The molecule has 0 amide bonds. The van der Waals surface area contributed by atoms with Gasteiger partial charge in [0.25, 0.3) is 0 Å². The summed E-state index contributed by atoms with van der Waals surface area (Å²) in [6.45, 7) is 6.72. The number of nitrogens with zero attached hydrogens (tertiary/aromatic N) is 4. The highest BCUT2D eigenvalue weighted by molar-refractivity contribution is 7.98. The zero-order valence-electron chi connectivity index (χ0n) is 17.3. The Labute approximate surface area is 205 Å². The van der Waals surface area contributed by atoms with Gasteiger partial charge < -0.3 is 4.74 Å². The number of hydrogen-bond acceptors (Lipinski definition) is 6. The van der Waals surface area contributed by atoms with Crippen LogP contribution in [0.25, 0.3) is 10.6 Å². The van der Waals surface area contributed by atoms with Gasteiger partial charge in [-0.2, -0.15) is 0 Å². The molecule has 2 aromatic heterocycles. The van der Waals surface area contributed by atoms with E-state index in [4.69, 9.17) is 32.9 Å². The molecule has 4 rings (SSSR count). The van der Waals surface area contributed by atoms with E-state index in [-0.39, 0.29) is 6.61 Å². The van der Waals surface area contributed by atoms with Crippen molar-refractivity contribution in [3.63, 3.8) is 0 Å². The lowest BCUT2D eigenvalue weighted by molar-refractivity contribution is 0.289. The predicted molar refractivity (Wildman–Crippen MR) is 133 cm³/mol. The normalized spacial score (nSPS) is 11.0. The van der Waals surface area contributed by atoms with Crippen molar-refractivity contribution in [3.8, 4) is 16.3 Å². The topological polar surface area (TPSA) is 52.8 Å². The Morgan fingerprint density at radius 2 is 1.97 bits per heavy atom. The first-order chi connectivity index (χ1) is 15.5. The van der Waals surface area contributed by atoms with Gasteiger partial charge in [0, 0.05) is 34.3 Å². The Hall–Kier alpha value is -2.32. The molecule has 0 unspecified atom stereocenters. The molecule has 0 bridgehead atoms. The molecule has 4 aromatic rings. The fraction of sp³-hybridized carbons (Fsp3) is 0.174. The van der Waals surface area contributed by atoms with E-state index in [1.807, 2.05) is 10.6 Å². The predicted octanol–water partition coefficient (Wildman–Crippen LogP) is 7.07. The number of halogens is 2. The van der Waals surface area contributed by atoms with Crippen LogP contribution in [0.15, 0.2) is 65.7 Å². The van der Waals surface area contributed by atoms with Gasteiger partial charge in [0.05, 0.1) is 10.7 Å². The number of aromatic nitrogens is 4. The number of allylic oxidation sites excluding steroid dienone is 1. The maximum Gasteiger partial charge on any atom is 0.191 e. The van der Waals surface area contributed by atoms with E-state index >= 15 is 0 Å². The van der Waals surface area contributed by atoms with Gasteiger partial charge >= 0.3 is 0 Å². The van der Waals surface area contributed by atoms with Crippen molar-refractivity contribution in [1.29, 1.82) is 0 Å². The molecule has 0 aliphatic carbocycles. The molecule has 0 saturated heterocycles. The van der Waals surface area contributed by atoms with Crippen LogP contribution in [0.2, 0.25) is 10.0 Å². The molecule has 0 spiro atoms. The smallest absolute Gasteiger partial charge is 0.191 e. The van der Waals surface area contributed by atoms with Crippen LogP contribution in [-0.4, -0.2) is 19.7 Å².